The van der Waals surface area contributed by atoms with Crippen LogP contribution in [0.2, 0.25) is 0 Å². The number of carbonyl (C=O) groups is 1. The molecule has 20 heavy (non-hydrogen) atoms. The van der Waals surface area contributed by atoms with Gasteiger partial charge in [0.05, 0.1) is 12.8 Å². The maximum Gasteiger partial charge on any atom is 0.196 e. The summed E-state index contributed by atoms with van der Waals surface area (Å²) in [4.78, 5) is 16.9. The molecule has 4 nitrogen and oxygen atoms in total. The first-order valence-corrected chi connectivity index (χ1v) is 7.39. The van der Waals surface area contributed by atoms with E-state index in [4.69, 9.17) is 9.47 Å². The molecule has 0 radical (unpaired) electrons. The Balaban J connectivity index is 2.18. The minimum atomic E-state index is -0.663. The van der Waals surface area contributed by atoms with Gasteiger partial charge in [-0.25, -0.2) is 0 Å². The minimum absolute atomic E-state index is 0.0362. The third-order valence-corrected chi connectivity index (χ3v) is 3.91. The molecular formula is C16H23NO3. The van der Waals surface area contributed by atoms with E-state index in [0.29, 0.717) is 17.9 Å². The molecule has 0 aliphatic heterocycles. The summed E-state index contributed by atoms with van der Waals surface area (Å²) >= 11 is 0. The molecule has 2 rings (SSSR count). The number of aromatic nitrogens is 1. The van der Waals surface area contributed by atoms with E-state index in [9.17, 15) is 4.79 Å². The topological polar surface area (TPSA) is 48.4 Å². The first-order valence-electron chi connectivity index (χ1n) is 7.39. The van der Waals surface area contributed by atoms with Crippen molar-refractivity contribution in [3.05, 3.63) is 24.0 Å². The van der Waals surface area contributed by atoms with Gasteiger partial charge in [0.25, 0.3) is 0 Å². The van der Waals surface area contributed by atoms with Gasteiger partial charge >= 0.3 is 0 Å². The van der Waals surface area contributed by atoms with Crippen LogP contribution in [0.5, 0.6) is 5.75 Å². The first-order chi connectivity index (χ1) is 9.72. The number of ketones is 1. The molecule has 4 heteroatoms. The standard InChI is InChI=1S/C16H23NO3/c1-3-9-20-14-10-13(11-17-12-14)15(18)16(19-2)7-5-4-6-8-16/h10-12H,3-9H2,1-2H3. The minimum Gasteiger partial charge on any atom is -0.492 e. The second-order valence-electron chi connectivity index (χ2n) is 5.35. The molecule has 0 N–H and O–H groups in total. The average Bonchev–Trinajstić information content (AvgIpc) is 2.53. The van der Waals surface area contributed by atoms with Crippen LogP contribution in [0.4, 0.5) is 0 Å². The summed E-state index contributed by atoms with van der Waals surface area (Å²) in [6, 6.07) is 1.78. The molecule has 0 bridgehead atoms. The van der Waals surface area contributed by atoms with Crippen molar-refractivity contribution < 1.29 is 14.3 Å². The van der Waals surface area contributed by atoms with E-state index in [1.165, 1.54) is 6.42 Å². The second kappa shape index (κ2) is 6.84. The fourth-order valence-corrected chi connectivity index (χ4v) is 2.75. The number of ether oxygens (including phenoxy) is 2. The molecular weight excluding hydrogens is 254 g/mol. The molecule has 0 saturated heterocycles. The Labute approximate surface area is 120 Å². The van der Waals surface area contributed by atoms with Gasteiger partial charge in [0.2, 0.25) is 0 Å². The van der Waals surface area contributed by atoms with Crippen LogP contribution in [0.25, 0.3) is 0 Å². The van der Waals surface area contributed by atoms with Crippen molar-refractivity contribution in [3.63, 3.8) is 0 Å². The molecule has 0 unspecified atom stereocenters. The lowest BCUT2D eigenvalue weighted by atomic mass is 9.79. The van der Waals surface area contributed by atoms with Gasteiger partial charge in [-0.15, -0.1) is 0 Å². The van der Waals surface area contributed by atoms with Crippen LogP contribution in [0.1, 0.15) is 55.8 Å². The number of methoxy groups -OCH3 is 1. The van der Waals surface area contributed by atoms with Gasteiger partial charge in [-0.1, -0.05) is 26.2 Å². The van der Waals surface area contributed by atoms with Crippen LogP contribution < -0.4 is 4.74 Å². The van der Waals surface area contributed by atoms with Crippen molar-refractivity contribution in [2.24, 2.45) is 0 Å². The normalized spacial score (nSPS) is 17.7. The predicted molar refractivity (Wildman–Crippen MR) is 77.2 cm³/mol. The van der Waals surface area contributed by atoms with Gasteiger partial charge < -0.3 is 9.47 Å². The molecule has 1 fully saturated rings. The van der Waals surface area contributed by atoms with Crippen LogP contribution in [-0.4, -0.2) is 30.1 Å². The van der Waals surface area contributed by atoms with Crippen molar-refractivity contribution >= 4 is 5.78 Å². The Morgan fingerprint density at radius 2 is 2.05 bits per heavy atom. The molecule has 1 saturated carbocycles. The van der Waals surface area contributed by atoms with E-state index < -0.39 is 5.60 Å². The molecule has 1 aromatic heterocycles. The molecule has 1 aliphatic carbocycles. The summed E-state index contributed by atoms with van der Waals surface area (Å²) in [5.41, 5.74) is -0.0779. The Morgan fingerprint density at radius 1 is 1.30 bits per heavy atom. The number of nitrogens with zero attached hydrogens (tertiary/aromatic N) is 1. The molecule has 0 aromatic carbocycles. The zero-order chi connectivity index (χ0) is 14.4. The highest BCUT2D eigenvalue weighted by molar-refractivity contribution is 6.02. The van der Waals surface area contributed by atoms with Gasteiger partial charge in [0, 0.05) is 18.9 Å². The summed E-state index contributed by atoms with van der Waals surface area (Å²) in [7, 11) is 1.63. The van der Waals surface area contributed by atoms with Crippen LogP contribution >= 0.6 is 0 Å². The smallest absolute Gasteiger partial charge is 0.196 e. The highest BCUT2D eigenvalue weighted by atomic mass is 16.5. The van der Waals surface area contributed by atoms with Crippen molar-refractivity contribution in [1.29, 1.82) is 0 Å². The maximum absolute atomic E-state index is 12.8. The van der Waals surface area contributed by atoms with E-state index in [-0.39, 0.29) is 5.78 Å². The summed E-state index contributed by atoms with van der Waals surface area (Å²) in [6.45, 7) is 2.68. The Kier molecular flexibility index (Phi) is 5.12. The highest BCUT2D eigenvalue weighted by Gasteiger charge is 2.40. The SMILES string of the molecule is CCCOc1cncc(C(=O)C2(OC)CCCCC2)c1. The number of carbonyl (C=O) groups excluding carboxylic acids is 1. The Bertz CT molecular complexity index is 453. The van der Waals surface area contributed by atoms with Crippen LogP contribution in [0.3, 0.4) is 0 Å². The molecule has 1 aromatic rings. The molecule has 110 valence electrons. The number of rotatable bonds is 6. The number of hydrogen-bond acceptors (Lipinski definition) is 4. The summed E-state index contributed by atoms with van der Waals surface area (Å²) < 4.78 is 11.1. The van der Waals surface area contributed by atoms with Gasteiger partial charge in [-0.3, -0.25) is 9.78 Å². The summed E-state index contributed by atoms with van der Waals surface area (Å²) in [5, 5.41) is 0. The predicted octanol–water partition coefficient (Wildman–Crippen LogP) is 3.40. The molecule has 0 atom stereocenters. The van der Waals surface area contributed by atoms with Crippen molar-refractivity contribution in [2.45, 2.75) is 51.0 Å². The van der Waals surface area contributed by atoms with E-state index in [2.05, 4.69) is 4.98 Å². The second-order valence-corrected chi connectivity index (χ2v) is 5.35. The molecule has 0 amide bonds. The first kappa shape index (κ1) is 15.0. The highest BCUT2D eigenvalue weighted by Crippen LogP contribution is 2.34. The zero-order valence-electron chi connectivity index (χ0n) is 12.4. The third kappa shape index (κ3) is 3.18. The van der Waals surface area contributed by atoms with Crippen molar-refractivity contribution in [2.75, 3.05) is 13.7 Å². The Hall–Kier alpha value is -1.42. The van der Waals surface area contributed by atoms with Crippen LogP contribution in [-0.2, 0) is 4.74 Å². The van der Waals surface area contributed by atoms with E-state index in [1.807, 2.05) is 6.92 Å². The van der Waals surface area contributed by atoms with Gasteiger partial charge in [-0.05, 0) is 25.3 Å². The molecule has 1 aliphatic rings. The molecule has 0 spiro atoms. The lowest BCUT2D eigenvalue weighted by Crippen LogP contribution is -2.42. The maximum atomic E-state index is 12.8. The quantitative estimate of drug-likeness (QED) is 0.748. The summed E-state index contributed by atoms with van der Waals surface area (Å²) in [6.07, 6.45) is 9.03. The van der Waals surface area contributed by atoms with Crippen LogP contribution in [0.15, 0.2) is 18.5 Å². The zero-order valence-corrected chi connectivity index (χ0v) is 12.4. The van der Waals surface area contributed by atoms with Gasteiger partial charge in [0.1, 0.15) is 11.4 Å². The Morgan fingerprint density at radius 3 is 2.70 bits per heavy atom. The monoisotopic (exact) mass is 277 g/mol. The fraction of sp³-hybridized carbons (Fsp3) is 0.625. The largest absolute Gasteiger partial charge is 0.492 e. The van der Waals surface area contributed by atoms with E-state index in [0.717, 1.165) is 32.1 Å². The fourth-order valence-electron chi connectivity index (χ4n) is 2.75. The average molecular weight is 277 g/mol. The van der Waals surface area contributed by atoms with Gasteiger partial charge in [0.15, 0.2) is 5.78 Å². The lowest BCUT2D eigenvalue weighted by Gasteiger charge is -2.34. The lowest BCUT2D eigenvalue weighted by molar-refractivity contribution is -0.0194. The third-order valence-electron chi connectivity index (χ3n) is 3.91. The number of pyridine rings is 1. The van der Waals surface area contributed by atoms with Crippen LogP contribution in [0, 0.1) is 0 Å². The number of Topliss-reactive ketones (excluding diaryl/α,β-unsaturated/α-hetero) is 1. The van der Waals surface area contributed by atoms with Crippen molar-refractivity contribution in [3.8, 4) is 5.75 Å². The number of hydrogen-bond donors (Lipinski definition) is 0. The summed E-state index contributed by atoms with van der Waals surface area (Å²) in [5.74, 6) is 0.689. The molecule has 1 heterocycles. The van der Waals surface area contributed by atoms with E-state index in [1.54, 1.807) is 25.6 Å². The van der Waals surface area contributed by atoms with Gasteiger partial charge in [-0.2, -0.15) is 0 Å². The van der Waals surface area contributed by atoms with E-state index >= 15 is 0 Å². The van der Waals surface area contributed by atoms with Crippen molar-refractivity contribution in [1.82, 2.24) is 4.98 Å².